The number of rotatable bonds is 8. The molecule has 2 aromatic heterocycles. The first-order chi connectivity index (χ1) is 15.1. The molecule has 0 bridgehead atoms. The summed E-state index contributed by atoms with van der Waals surface area (Å²) in [5, 5.41) is 3.43. The Hall–Kier alpha value is -3.19. The molecule has 31 heavy (non-hydrogen) atoms. The molecule has 6 nitrogen and oxygen atoms in total. The molecule has 7 heteroatoms. The zero-order chi connectivity index (χ0) is 21.6. The van der Waals surface area contributed by atoms with Crippen molar-refractivity contribution >= 4 is 32.6 Å². The van der Waals surface area contributed by atoms with Crippen LogP contribution in [0.2, 0.25) is 0 Å². The summed E-state index contributed by atoms with van der Waals surface area (Å²) in [4.78, 5) is 21.8. The number of hydrogen-bond acceptors (Lipinski definition) is 6. The largest absolute Gasteiger partial charge is 0.477 e. The zero-order valence-electron chi connectivity index (χ0n) is 17.6. The van der Waals surface area contributed by atoms with Gasteiger partial charge in [-0.15, -0.1) is 0 Å². The lowest BCUT2D eigenvalue weighted by Crippen LogP contribution is -2.14. The number of carbonyl (C=O) groups is 1. The SMILES string of the molecule is CC(C)Oc1cc(C(=O)Nc2nc3ccccc3s2)cc(OCCC2=CC=CCC2)n1. The van der Waals surface area contributed by atoms with Crippen molar-refractivity contribution in [3.8, 4) is 11.8 Å². The van der Waals surface area contributed by atoms with Gasteiger partial charge in [0.05, 0.1) is 28.5 Å². The Morgan fingerprint density at radius 2 is 2.03 bits per heavy atom. The number of aromatic nitrogens is 2. The Morgan fingerprint density at radius 1 is 1.19 bits per heavy atom. The molecule has 0 unspecified atom stereocenters. The number of fused-ring (bicyclic) bond motifs is 1. The second kappa shape index (κ2) is 9.75. The topological polar surface area (TPSA) is 73.3 Å². The van der Waals surface area contributed by atoms with E-state index in [0.717, 1.165) is 29.5 Å². The third kappa shape index (κ3) is 5.70. The van der Waals surface area contributed by atoms with Gasteiger partial charge in [0.1, 0.15) is 0 Å². The van der Waals surface area contributed by atoms with Gasteiger partial charge in [0.15, 0.2) is 5.13 Å². The van der Waals surface area contributed by atoms with E-state index in [1.54, 1.807) is 12.1 Å². The van der Waals surface area contributed by atoms with Gasteiger partial charge in [-0.2, -0.15) is 4.98 Å². The van der Waals surface area contributed by atoms with Crippen molar-refractivity contribution in [3.05, 3.63) is 65.8 Å². The van der Waals surface area contributed by atoms with Crippen molar-refractivity contribution in [3.63, 3.8) is 0 Å². The fourth-order valence-electron chi connectivity index (χ4n) is 3.23. The Bertz CT molecular complexity index is 1100. The lowest BCUT2D eigenvalue weighted by atomic mass is 10.0. The van der Waals surface area contributed by atoms with Gasteiger partial charge >= 0.3 is 0 Å². The summed E-state index contributed by atoms with van der Waals surface area (Å²) < 4.78 is 12.6. The Labute approximate surface area is 185 Å². The minimum atomic E-state index is -0.278. The van der Waals surface area contributed by atoms with Crippen LogP contribution in [0.4, 0.5) is 5.13 Å². The summed E-state index contributed by atoms with van der Waals surface area (Å²) in [6.45, 7) is 4.33. The van der Waals surface area contributed by atoms with Gasteiger partial charge in [-0.3, -0.25) is 10.1 Å². The molecule has 1 N–H and O–H groups in total. The Morgan fingerprint density at radius 3 is 2.81 bits per heavy atom. The summed E-state index contributed by atoms with van der Waals surface area (Å²) in [5.74, 6) is 0.460. The van der Waals surface area contributed by atoms with Crippen LogP contribution in [-0.2, 0) is 0 Å². The summed E-state index contributed by atoms with van der Waals surface area (Å²) in [5.41, 5.74) is 2.63. The van der Waals surface area contributed by atoms with Crippen LogP contribution in [0.5, 0.6) is 11.8 Å². The van der Waals surface area contributed by atoms with Crippen molar-refractivity contribution in [1.29, 1.82) is 0 Å². The van der Waals surface area contributed by atoms with Crippen LogP contribution in [0.1, 0.15) is 43.5 Å². The van der Waals surface area contributed by atoms with Crippen LogP contribution in [0.15, 0.2) is 60.2 Å². The number of carbonyl (C=O) groups excluding carboxylic acids is 1. The van der Waals surface area contributed by atoms with Crippen molar-refractivity contribution in [2.75, 3.05) is 11.9 Å². The number of anilines is 1. The zero-order valence-corrected chi connectivity index (χ0v) is 18.4. The van der Waals surface area contributed by atoms with E-state index < -0.39 is 0 Å². The van der Waals surface area contributed by atoms with Crippen molar-refractivity contribution in [1.82, 2.24) is 9.97 Å². The van der Waals surface area contributed by atoms with Crippen LogP contribution in [0.25, 0.3) is 10.2 Å². The van der Waals surface area contributed by atoms with E-state index in [-0.39, 0.29) is 12.0 Å². The van der Waals surface area contributed by atoms with E-state index >= 15 is 0 Å². The van der Waals surface area contributed by atoms with Gasteiger partial charge in [-0.1, -0.05) is 47.3 Å². The average molecular weight is 436 g/mol. The van der Waals surface area contributed by atoms with Gasteiger partial charge in [0.25, 0.3) is 5.91 Å². The molecule has 1 amide bonds. The molecule has 0 saturated heterocycles. The molecule has 0 fully saturated rings. The van der Waals surface area contributed by atoms with Gasteiger partial charge in [-0.05, 0) is 38.8 Å². The van der Waals surface area contributed by atoms with Crippen molar-refractivity contribution in [2.24, 2.45) is 0 Å². The molecule has 4 rings (SSSR count). The smallest absolute Gasteiger partial charge is 0.257 e. The number of benzene rings is 1. The first-order valence-corrected chi connectivity index (χ1v) is 11.2. The van der Waals surface area contributed by atoms with Gasteiger partial charge in [0.2, 0.25) is 11.8 Å². The highest BCUT2D eigenvalue weighted by Crippen LogP contribution is 2.27. The molecule has 0 saturated carbocycles. The predicted octanol–water partition coefficient (Wildman–Crippen LogP) is 5.78. The van der Waals surface area contributed by atoms with E-state index in [1.807, 2.05) is 38.1 Å². The van der Waals surface area contributed by atoms with Crippen LogP contribution >= 0.6 is 11.3 Å². The first-order valence-electron chi connectivity index (χ1n) is 10.4. The number of para-hydroxylation sites is 1. The number of ether oxygens (including phenoxy) is 2. The van der Waals surface area contributed by atoms with E-state index in [9.17, 15) is 4.79 Å². The third-order valence-corrected chi connectivity index (χ3v) is 5.64. The minimum Gasteiger partial charge on any atom is -0.477 e. The molecule has 2 heterocycles. The Kier molecular flexibility index (Phi) is 6.62. The highest BCUT2D eigenvalue weighted by Gasteiger charge is 2.15. The molecule has 3 aromatic rings. The van der Waals surface area contributed by atoms with E-state index in [1.165, 1.54) is 16.9 Å². The lowest BCUT2D eigenvalue weighted by molar-refractivity contribution is 0.102. The second-order valence-electron chi connectivity index (χ2n) is 7.53. The number of nitrogens with one attached hydrogen (secondary N) is 1. The number of thiazole rings is 1. The Balaban J connectivity index is 1.49. The molecule has 1 aromatic carbocycles. The van der Waals surface area contributed by atoms with Crippen molar-refractivity contribution in [2.45, 2.75) is 39.2 Å². The predicted molar refractivity (Wildman–Crippen MR) is 124 cm³/mol. The molecular formula is C24H25N3O3S. The molecule has 0 radical (unpaired) electrons. The maximum absolute atomic E-state index is 12.9. The summed E-state index contributed by atoms with van der Waals surface area (Å²) >= 11 is 1.44. The number of amides is 1. The van der Waals surface area contributed by atoms with Crippen molar-refractivity contribution < 1.29 is 14.3 Å². The number of allylic oxidation sites excluding steroid dienone is 3. The average Bonchev–Trinajstić information content (AvgIpc) is 3.16. The third-order valence-electron chi connectivity index (χ3n) is 4.68. The maximum Gasteiger partial charge on any atom is 0.257 e. The highest BCUT2D eigenvalue weighted by atomic mass is 32.1. The maximum atomic E-state index is 12.9. The monoisotopic (exact) mass is 435 g/mol. The number of nitrogens with zero attached hydrogens (tertiary/aromatic N) is 2. The molecule has 0 spiro atoms. The van der Waals surface area contributed by atoms with E-state index in [4.69, 9.17) is 9.47 Å². The van der Waals surface area contributed by atoms with Crippen LogP contribution < -0.4 is 14.8 Å². The number of pyridine rings is 1. The molecular weight excluding hydrogens is 410 g/mol. The summed E-state index contributed by atoms with van der Waals surface area (Å²) in [6, 6.07) is 11.1. The lowest BCUT2D eigenvalue weighted by Gasteiger charge is -2.14. The second-order valence-corrected chi connectivity index (χ2v) is 8.56. The quantitative estimate of drug-likeness (QED) is 0.486. The van der Waals surface area contributed by atoms with Crippen LogP contribution in [0, 0.1) is 0 Å². The molecule has 0 atom stereocenters. The summed E-state index contributed by atoms with van der Waals surface area (Å²) in [7, 11) is 0. The molecule has 1 aliphatic carbocycles. The van der Waals surface area contributed by atoms with Crippen LogP contribution in [0.3, 0.4) is 0 Å². The molecule has 160 valence electrons. The molecule has 1 aliphatic rings. The van der Waals surface area contributed by atoms with Gasteiger partial charge < -0.3 is 9.47 Å². The van der Waals surface area contributed by atoms with Gasteiger partial charge in [-0.25, -0.2) is 4.98 Å². The summed E-state index contributed by atoms with van der Waals surface area (Å²) in [6.07, 6.45) is 9.26. The fraction of sp³-hybridized carbons (Fsp3) is 0.292. The minimum absolute atomic E-state index is 0.0675. The number of hydrogen-bond donors (Lipinski definition) is 1. The highest BCUT2D eigenvalue weighted by molar-refractivity contribution is 7.22. The van der Waals surface area contributed by atoms with E-state index in [2.05, 4.69) is 33.5 Å². The molecule has 0 aliphatic heterocycles. The van der Waals surface area contributed by atoms with Gasteiger partial charge in [0, 0.05) is 18.6 Å². The fourth-order valence-corrected chi connectivity index (χ4v) is 4.09. The normalized spacial score (nSPS) is 13.3. The van der Waals surface area contributed by atoms with Crippen LogP contribution in [-0.4, -0.2) is 28.6 Å². The standard InChI is InChI=1S/C24H25N3O3S/c1-16(2)30-22-15-18(14-21(26-22)29-13-12-17-8-4-3-5-9-17)23(28)27-24-25-19-10-6-7-11-20(19)31-24/h3-4,6-8,10-11,14-16H,5,9,12-13H2,1-2H3,(H,25,27,28). The first kappa shape index (κ1) is 21.1. The van der Waals surface area contributed by atoms with E-state index in [0.29, 0.717) is 29.1 Å².